The molecule has 2 aromatic rings. The standard InChI is InChI=1S/C17H25N3O3S/c1-4-17(2,3)12-8-10-13(11-9-12)20-24(21,22)15-7-5-6-14-16(15)19-23-18-14/h5-7,12-13,20H,4,8-11H2,1-3H3. The summed E-state index contributed by atoms with van der Waals surface area (Å²) >= 11 is 0. The Labute approximate surface area is 143 Å². The van der Waals surface area contributed by atoms with Crippen molar-refractivity contribution in [3.05, 3.63) is 18.2 Å². The van der Waals surface area contributed by atoms with Gasteiger partial charge in [-0.1, -0.05) is 33.3 Å². The summed E-state index contributed by atoms with van der Waals surface area (Å²) in [5, 5.41) is 7.44. The van der Waals surface area contributed by atoms with Gasteiger partial charge in [0.1, 0.15) is 10.4 Å². The van der Waals surface area contributed by atoms with Crippen LogP contribution in [0, 0.1) is 11.3 Å². The van der Waals surface area contributed by atoms with Crippen LogP contribution in [0.1, 0.15) is 52.9 Å². The summed E-state index contributed by atoms with van der Waals surface area (Å²) in [5.74, 6) is 0.659. The number of rotatable bonds is 5. The molecule has 0 spiro atoms. The predicted octanol–water partition coefficient (Wildman–Crippen LogP) is 3.50. The molecule has 3 rings (SSSR count). The van der Waals surface area contributed by atoms with E-state index in [1.165, 1.54) is 0 Å². The second-order valence-electron chi connectivity index (χ2n) is 7.40. The summed E-state index contributed by atoms with van der Waals surface area (Å²) in [6, 6.07) is 4.86. The van der Waals surface area contributed by atoms with Crippen LogP contribution in [0.3, 0.4) is 0 Å². The monoisotopic (exact) mass is 351 g/mol. The summed E-state index contributed by atoms with van der Waals surface area (Å²) in [7, 11) is -3.63. The fraction of sp³-hybridized carbons (Fsp3) is 0.647. The Morgan fingerprint density at radius 1 is 1.21 bits per heavy atom. The first-order valence-electron chi connectivity index (χ1n) is 8.57. The number of nitrogens with one attached hydrogen (secondary N) is 1. The van der Waals surface area contributed by atoms with E-state index >= 15 is 0 Å². The van der Waals surface area contributed by atoms with Gasteiger partial charge in [0.2, 0.25) is 10.0 Å². The zero-order chi connectivity index (χ0) is 17.4. The van der Waals surface area contributed by atoms with Crippen molar-refractivity contribution in [2.45, 2.75) is 63.8 Å². The van der Waals surface area contributed by atoms with E-state index in [1.807, 2.05) is 0 Å². The van der Waals surface area contributed by atoms with Crippen molar-refractivity contribution in [2.24, 2.45) is 11.3 Å². The molecule has 0 unspecified atom stereocenters. The molecule has 1 heterocycles. The quantitative estimate of drug-likeness (QED) is 0.891. The van der Waals surface area contributed by atoms with Crippen molar-refractivity contribution in [3.8, 4) is 0 Å². The highest BCUT2D eigenvalue weighted by Crippen LogP contribution is 2.40. The summed E-state index contributed by atoms with van der Waals surface area (Å²) in [4.78, 5) is 0.136. The minimum absolute atomic E-state index is 0.0194. The van der Waals surface area contributed by atoms with E-state index < -0.39 is 10.0 Å². The minimum Gasteiger partial charge on any atom is -0.243 e. The van der Waals surface area contributed by atoms with E-state index in [-0.39, 0.29) is 16.5 Å². The Morgan fingerprint density at radius 3 is 2.58 bits per heavy atom. The lowest BCUT2D eigenvalue weighted by atomic mass is 9.69. The lowest BCUT2D eigenvalue weighted by molar-refractivity contribution is 0.142. The zero-order valence-electron chi connectivity index (χ0n) is 14.4. The molecule has 6 nitrogen and oxygen atoms in total. The highest BCUT2D eigenvalue weighted by atomic mass is 32.2. The smallest absolute Gasteiger partial charge is 0.243 e. The van der Waals surface area contributed by atoms with Gasteiger partial charge in [-0.25, -0.2) is 17.8 Å². The van der Waals surface area contributed by atoms with Gasteiger partial charge in [-0.05, 0) is 59.5 Å². The average molecular weight is 351 g/mol. The number of sulfonamides is 1. The summed E-state index contributed by atoms with van der Waals surface area (Å²) in [6.45, 7) is 6.84. The van der Waals surface area contributed by atoms with Crippen LogP contribution in [0.25, 0.3) is 11.0 Å². The fourth-order valence-electron chi connectivity index (χ4n) is 3.56. The predicted molar refractivity (Wildman–Crippen MR) is 91.9 cm³/mol. The van der Waals surface area contributed by atoms with Crippen LogP contribution in [-0.4, -0.2) is 24.8 Å². The number of benzene rings is 1. The van der Waals surface area contributed by atoms with Gasteiger partial charge in [-0.3, -0.25) is 0 Å². The van der Waals surface area contributed by atoms with Crippen LogP contribution >= 0.6 is 0 Å². The van der Waals surface area contributed by atoms with Crippen molar-refractivity contribution >= 4 is 21.1 Å². The van der Waals surface area contributed by atoms with Gasteiger partial charge in [-0.15, -0.1) is 0 Å². The topological polar surface area (TPSA) is 85.1 Å². The molecule has 1 aromatic heterocycles. The molecule has 1 fully saturated rings. The van der Waals surface area contributed by atoms with Crippen LogP contribution < -0.4 is 4.72 Å². The molecule has 1 aliphatic carbocycles. The molecule has 0 saturated heterocycles. The number of aromatic nitrogens is 2. The Bertz CT molecular complexity index is 805. The number of nitrogens with zero attached hydrogens (tertiary/aromatic N) is 2. The minimum atomic E-state index is -3.63. The molecule has 1 aromatic carbocycles. The molecule has 7 heteroatoms. The molecule has 1 saturated carbocycles. The van der Waals surface area contributed by atoms with E-state index in [1.54, 1.807) is 18.2 Å². The molecule has 0 radical (unpaired) electrons. The van der Waals surface area contributed by atoms with E-state index in [0.717, 1.165) is 32.1 Å². The zero-order valence-corrected chi connectivity index (χ0v) is 15.3. The summed E-state index contributed by atoms with van der Waals surface area (Å²) in [6.07, 6.45) is 5.02. The van der Waals surface area contributed by atoms with Crippen molar-refractivity contribution in [2.75, 3.05) is 0 Å². The maximum absolute atomic E-state index is 12.7. The van der Waals surface area contributed by atoms with Crippen LogP contribution in [0.15, 0.2) is 27.7 Å². The third kappa shape index (κ3) is 3.32. The van der Waals surface area contributed by atoms with Gasteiger partial charge in [0.05, 0.1) is 0 Å². The SMILES string of the molecule is CCC(C)(C)C1CCC(NS(=O)(=O)c2cccc3nonc23)CC1. The Kier molecular flexibility index (Phi) is 4.66. The number of fused-ring (bicyclic) bond motifs is 1. The van der Waals surface area contributed by atoms with Gasteiger partial charge >= 0.3 is 0 Å². The largest absolute Gasteiger partial charge is 0.243 e. The Hall–Kier alpha value is -1.47. The molecule has 132 valence electrons. The third-order valence-corrected chi connectivity index (χ3v) is 7.16. The maximum Gasteiger partial charge on any atom is 0.243 e. The molecule has 0 atom stereocenters. The van der Waals surface area contributed by atoms with Crippen molar-refractivity contribution in [3.63, 3.8) is 0 Å². The molecule has 0 amide bonds. The Morgan fingerprint density at radius 2 is 1.92 bits per heavy atom. The highest BCUT2D eigenvalue weighted by molar-refractivity contribution is 7.89. The second-order valence-corrected chi connectivity index (χ2v) is 9.08. The Balaban J connectivity index is 1.72. The molecule has 24 heavy (non-hydrogen) atoms. The van der Waals surface area contributed by atoms with Gasteiger partial charge in [0.15, 0.2) is 5.52 Å². The van der Waals surface area contributed by atoms with E-state index in [0.29, 0.717) is 16.8 Å². The third-order valence-electron chi connectivity index (χ3n) is 5.60. The molecular weight excluding hydrogens is 326 g/mol. The van der Waals surface area contributed by atoms with E-state index in [2.05, 4.69) is 40.4 Å². The number of hydrogen-bond acceptors (Lipinski definition) is 5. The lowest BCUT2D eigenvalue weighted by Crippen LogP contribution is -2.39. The van der Waals surface area contributed by atoms with Gasteiger partial charge in [0.25, 0.3) is 0 Å². The van der Waals surface area contributed by atoms with Crippen LogP contribution in [0.4, 0.5) is 0 Å². The highest BCUT2D eigenvalue weighted by Gasteiger charge is 2.33. The van der Waals surface area contributed by atoms with Gasteiger partial charge in [0, 0.05) is 6.04 Å². The molecule has 1 N–H and O–H groups in total. The van der Waals surface area contributed by atoms with Crippen LogP contribution in [-0.2, 0) is 10.0 Å². The molecular formula is C17H25N3O3S. The fourth-order valence-corrected chi connectivity index (χ4v) is 5.02. The normalized spacial score (nSPS) is 22.8. The first-order valence-corrected chi connectivity index (χ1v) is 10.1. The second kappa shape index (κ2) is 6.44. The van der Waals surface area contributed by atoms with Crippen molar-refractivity contribution < 1.29 is 13.0 Å². The first-order chi connectivity index (χ1) is 11.3. The summed E-state index contributed by atoms with van der Waals surface area (Å²) < 4.78 is 33.0. The van der Waals surface area contributed by atoms with Gasteiger partial charge in [-0.2, -0.15) is 0 Å². The maximum atomic E-state index is 12.7. The average Bonchev–Trinajstić information content (AvgIpc) is 3.03. The van der Waals surface area contributed by atoms with Crippen molar-refractivity contribution in [1.82, 2.24) is 15.0 Å². The van der Waals surface area contributed by atoms with Crippen molar-refractivity contribution in [1.29, 1.82) is 0 Å². The van der Waals surface area contributed by atoms with Gasteiger partial charge < -0.3 is 0 Å². The van der Waals surface area contributed by atoms with E-state index in [9.17, 15) is 8.42 Å². The van der Waals surface area contributed by atoms with Crippen LogP contribution in [0.5, 0.6) is 0 Å². The number of hydrogen-bond donors (Lipinski definition) is 1. The molecule has 0 bridgehead atoms. The molecule has 1 aliphatic rings. The van der Waals surface area contributed by atoms with Crippen LogP contribution in [0.2, 0.25) is 0 Å². The van der Waals surface area contributed by atoms with E-state index in [4.69, 9.17) is 0 Å². The summed E-state index contributed by atoms with van der Waals surface area (Å²) in [5.41, 5.74) is 1.05. The first kappa shape index (κ1) is 17.4. The lowest BCUT2D eigenvalue weighted by Gasteiger charge is -2.38. The molecule has 0 aliphatic heterocycles.